The second-order valence-corrected chi connectivity index (χ2v) is 6.00. The first-order valence-electron chi connectivity index (χ1n) is 7.10. The van der Waals surface area contributed by atoms with Gasteiger partial charge in [0.15, 0.2) is 11.6 Å². The Morgan fingerprint density at radius 2 is 1.85 bits per heavy atom. The first kappa shape index (κ1) is 12.0. The molecular weight excluding hydrogens is 252 g/mol. The molecule has 3 heteroatoms. The molecule has 1 saturated carbocycles. The number of ketones is 2. The lowest BCUT2D eigenvalue weighted by Gasteiger charge is -2.52. The molecule has 2 bridgehead atoms. The standard InChI is InChI=1S/C17H16O3/c1-20-17-8-6-10(7-9-17)13-14(17)16(19)12-5-3-2-4-11(12)15(13)18/h2-6,8,10,13-14H,7,9H2,1H3. The summed E-state index contributed by atoms with van der Waals surface area (Å²) in [5.41, 5.74) is 0.571. The summed E-state index contributed by atoms with van der Waals surface area (Å²) in [6.07, 6.45) is 5.84. The van der Waals surface area contributed by atoms with Gasteiger partial charge in [-0.05, 0) is 18.8 Å². The van der Waals surface area contributed by atoms with E-state index in [0.29, 0.717) is 11.1 Å². The second-order valence-electron chi connectivity index (χ2n) is 6.00. The number of fused-ring (bicyclic) bond motifs is 2. The molecule has 1 fully saturated rings. The maximum atomic E-state index is 12.9. The molecule has 4 unspecified atom stereocenters. The molecule has 0 saturated heterocycles. The molecule has 0 radical (unpaired) electrons. The third-order valence-electron chi connectivity index (χ3n) is 5.26. The van der Waals surface area contributed by atoms with Crippen molar-refractivity contribution in [3.8, 4) is 0 Å². The highest BCUT2D eigenvalue weighted by Crippen LogP contribution is 2.53. The minimum absolute atomic E-state index is 0.0705. The van der Waals surface area contributed by atoms with Gasteiger partial charge in [0.25, 0.3) is 0 Å². The molecule has 0 N–H and O–H groups in total. The molecule has 0 aromatic heterocycles. The summed E-state index contributed by atoms with van der Waals surface area (Å²) in [5, 5.41) is 0. The van der Waals surface area contributed by atoms with Crippen molar-refractivity contribution in [2.75, 3.05) is 7.11 Å². The van der Waals surface area contributed by atoms with Crippen LogP contribution in [-0.4, -0.2) is 24.3 Å². The smallest absolute Gasteiger partial charge is 0.170 e. The second kappa shape index (κ2) is 3.89. The molecule has 4 aliphatic rings. The molecule has 4 aliphatic carbocycles. The van der Waals surface area contributed by atoms with Gasteiger partial charge in [-0.1, -0.05) is 36.4 Å². The van der Waals surface area contributed by atoms with Crippen LogP contribution < -0.4 is 0 Å². The zero-order chi connectivity index (χ0) is 13.9. The van der Waals surface area contributed by atoms with E-state index in [0.717, 1.165) is 12.8 Å². The fourth-order valence-corrected chi connectivity index (χ4v) is 4.26. The molecule has 1 aromatic rings. The molecule has 0 amide bonds. The van der Waals surface area contributed by atoms with Crippen molar-refractivity contribution in [3.05, 3.63) is 47.5 Å². The van der Waals surface area contributed by atoms with Crippen LogP contribution in [-0.2, 0) is 4.74 Å². The van der Waals surface area contributed by atoms with E-state index in [2.05, 4.69) is 6.08 Å². The molecule has 1 aromatic carbocycles. The highest BCUT2D eigenvalue weighted by Gasteiger charge is 2.59. The minimum atomic E-state index is -0.584. The Bertz CT molecular complexity index is 645. The molecule has 3 nitrogen and oxygen atoms in total. The van der Waals surface area contributed by atoms with E-state index in [1.807, 2.05) is 18.2 Å². The van der Waals surface area contributed by atoms with Crippen LogP contribution in [0, 0.1) is 17.8 Å². The number of benzene rings is 1. The van der Waals surface area contributed by atoms with Gasteiger partial charge in [0.1, 0.15) is 0 Å². The van der Waals surface area contributed by atoms with Crippen molar-refractivity contribution in [3.63, 3.8) is 0 Å². The van der Waals surface area contributed by atoms with E-state index >= 15 is 0 Å². The Balaban J connectivity index is 1.94. The largest absolute Gasteiger partial charge is 0.373 e. The molecule has 5 rings (SSSR count). The summed E-state index contributed by atoms with van der Waals surface area (Å²) < 4.78 is 5.71. The van der Waals surface area contributed by atoms with Crippen LogP contribution in [0.1, 0.15) is 33.6 Å². The van der Waals surface area contributed by atoms with E-state index in [9.17, 15) is 9.59 Å². The predicted molar refractivity (Wildman–Crippen MR) is 73.7 cm³/mol. The fourth-order valence-electron chi connectivity index (χ4n) is 4.26. The highest BCUT2D eigenvalue weighted by atomic mass is 16.5. The van der Waals surface area contributed by atoms with E-state index in [-0.39, 0.29) is 29.3 Å². The van der Waals surface area contributed by atoms with Gasteiger partial charge in [-0.25, -0.2) is 0 Å². The predicted octanol–water partition coefficient (Wildman–Crippen LogP) is 2.66. The van der Waals surface area contributed by atoms with Crippen molar-refractivity contribution in [2.45, 2.75) is 18.4 Å². The SMILES string of the molecule is COC12C=CC(CC1)C1C(=O)c3ccccc3C(=O)C12. The van der Waals surface area contributed by atoms with Gasteiger partial charge >= 0.3 is 0 Å². The lowest BCUT2D eigenvalue weighted by Crippen LogP contribution is -2.58. The van der Waals surface area contributed by atoms with Gasteiger partial charge in [0.2, 0.25) is 0 Å². The van der Waals surface area contributed by atoms with Crippen LogP contribution in [0.25, 0.3) is 0 Å². The first-order valence-corrected chi connectivity index (χ1v) is 7.10. The van der Waals surface area contributed by atoms with Gasteiger partial charge in [-0.3, -0.25) is 9.59 Å². The zero-order valence-electron chi connectivity index (χ0n) is 11.3. The molecule has 0 spiro atoms. The molecular formula is C17H16O3. The summed E-state index contributed by atoms with van der Waals surface area (Å²) in [7, 11) is 1.64. The van der Waals surface area contributed by atoms with Crippen molar-refractivity contribution < 1.29 is 14.3 Å². The summed E-state index contributed by atoms with van der Waals surface area (Å²) in [5.74, 6) is -0.224. The van der Waals surface area contributed by atoms with E-state index in [1.165, 1.54) is 0 Å². The van der Waals surface area contributed by atoms with Crippen LogP contribution in [0.3, 0.4) is 0 Å². The number of ether oxygens (including phenoxy) is 1. The summed E-state index contributed by atoms with van der Waals surface area (Å²) in [6.45, 7) is 0. The van der Waals surface area contributed by atoms with Crippen LogP contribution in [0.15, 0.2) is 36.4 Å². The van der Waals surface area contributed by atoms with Gasteiger partial charge in [0.05, 0.1) is 11.5 Å². The number of rotatable bonds is 1. The van der Waals surface area contributed by atoms with E-state index < -0.39 is 5.60 Å². The lowest BCUT2D eigenvalue weighted by atomic mass is 9.54. The van der Waals surface area contributed by atoms with Crippen LogP contribution >= 0.6 is 0 Å². The van der Waals surface area contributed by atoms with Gasteiger partial charge in [-0.2, -0.15) is 0 Å². The summed E-state index contributed by atoms with van der Waals surface area (Å²) >= 11 is 0. The number of carbonyl (C=O) groups excluding carboxylic acids is 2. The average Bonchev–Trinajstić information content (AvgIpc) is 2.53. The molecule has 4 atom stereocenters. The number of hydrogen-bond donors (Lipinski definition) is 0. The Morgan fingerprint density at radius 3 is 2.45 bits per heavy atom. The monoisotopic (exact) mass is 268 g/mol. The third-order valence-corrected chi connectivity index (χ3v) is 5.26. The first-order chi connectivity index (χ1) is 9.68. The quantitative estimate of drug-likeness (QED) is 0.735. The minimum Gasteiger partial charge on any atom is -0.373 e. The molecule has 20 heavy (non-hydrogen) atoms. The zero-order valence-corrected chi connectivity index (χ0v) is 11.3. The van der Waals surface area contributed by atoms with Crippen LogP contribution in [0.4, 0.5) is 0 Å². The number of allylic oxidation sites excluding steroid dienone is 1. The van der Waals surface area contributed by atoms with Crippen LogP contribution in [0.2, 0.25) is 0 Å². The number of methoxy groups -OCH3 is 1. The molecule has 0 heterocycles. The maximum Gasteiger partial charge on any atom is 0.170 e. The van der Waals surface area contributed by atoms with E-state index in [1.54, 1.807) is 19.2 Å². The van der Waals surface area contributed by atoms with E-state index in [4.69, 9.17) is 4.74 Å². The third kappa shape index (κ3) is 1.29. The fraction of sp³-hybridized carbons (Fsp3) is 0.412. The Morgan fingerprint density at radius 1 is 1.15 bits per heavy atom. The number of carbonyl (C=O) groups is 2. The molecule has 102 valence electrons. The Labute approximate surface area is 117 Å². The Hall–Kier alpha value is -1.74. The normalized spacial score (nSPS) is 37.8. The maximum absolute atomic E-state index is 12.9. The highest BCUT2D eigenvalue weighted by molar-refractivity contribution is 6.17. The van der Waals surface area contributed by atoms with Gasteiger partial charge in [-0.15, -0.1) is 0 Å². The lowest BCUT2D eigenvalue weighted by molar-refractivity contribution is -0.0692. The topological polar surface area (TPSA) is 43.4 Å². The van der Waals surface area contributed by atoms with Crippen LogP contribution in [0.5, 0.6) is 0 Å². The number of hydrogen-bond acceptors (Lipinski definition) is 3. The van der Waals surface area contributed by atoms with Crippen molar-refractivity contribution >= 4 is 11.6 Å². The average molecular weight is 268 g/mol. The van der Waals surface area contributed by atoms with Crippen molar-refractivity contribution in [2.24, 2.45) is 17.8 Å². The number of Topliss-reactive ketones (excluding diaryl/α,β-unsaturated/α-hetero) is 2. The van der Waals surface area contributed by atoms with Crippen molar-refractivity contribution in [1.82, 2.24) is 0 Å². The summed E-state index contributed by atoms with van der Waals surface area (Å²) in [6, 6.07) is 7.19. The van der Waals surface area contributed by atoms with Gasteiger partial charge in [0, 0.05) is 24.2 Å². The van der Waals surface area contributed by atoms with Crippen molar-refractivity contribution in [1.29, 1.82) is 0 Å². The van der Waals surface area contributed by atoms with Gasteiger partial charge < -0.3 is 4.74 Å². The Kier molecular flexibility index (Phi) is 2.34. The summed E-state index contributed by atoms with van der Waals surface area (Å²) in [4.78, 5) is 25.7. The molecule has 0 aliphatic heterocycles.